The van der Waals surface area contributed by atoms with Crippen molar-refractivity contribution >= 4 is 23.2 Å². The lowest BCUT2D eigenvalue weighted by atomic mass is 10.0. The Balaban J connectivity index is 1.93. The first-order valence-corrected chi connectivity index (χ1v) is 7.95. The summed E-state index contributed by atoms with van der Waals surface area (Å²) in [5.74, 6) is 0.867. The third-order valence-corrected chi connectivity index (χ3v) is 4.49. The zero-order valence-electron chi connectivity index (χ0n) is 11.9. The number of aryl methyl sites for hydroxylation is 1. The fourth-order valence-corrected chi connectivity index (χ4v) is 2.99. The van der Waals surface area contributed by atoms with Gasteiger partial charge in [0.15, 0.2) is 0 Å². The molecule has 1 aliphatic heterocycles. The van der Waals surface area contributed by atoms with Crippen LogP contribution in [0.4, 0.5) is 0 Å². The highest BCUT2D eigenvalue weighted by Gasteiger charge is 2.16. The van der Waals surface area contributed by atoms with Gasteiger partial charge in [0.05, 0.1) is 15.7 Å². The van der Waals surface area contributed by atoms with Crippen LogP contribution in [0.25, 0.3) is 0 Å². The fraction of sp³-hybridized carbons (Fsp3) is 0.375. The molecular weight excluding hydrogens is 305 g/mol. The highest BCUT2D eigenvalue weighted by atomic mass is 35.5. The third-order valence-electron chi connectivity index (χ3n) is 3.75. The van der Waals surface area contributed by atoms with Crippen LogP contribution in [0.2, 0.25) is 10.0 Å². The van der Waals surface area contributed by atoms with Crippen LogP contribution in [-0.4, -0.2) is 16.5 Å². The predicted octanol–water partition coefficient (Wildman–Crippen LogP) is 3.58. The summed E-state index contributed by atoms with van der Waals surface area (Å²) in [6, 6.07) is 5.69. The molecule has 1 aromatic heterocycles. The van der Waals surface area contributed by atoms with Crippen molar-refractivity contribution in [3.8, 4) is 0 Å². The van der Waals surface area contributed by atoms with Crippen LogP contribution in [0.15, 0.2) is 18.2 Å². The van der Waals surface area contributed by atoms with Crippen molar-refractivity contribution in [2.45, 2.75) is 32.7 Å². The number of hydrogen-bond donors (Lipinski definition) is 1. The highest BCUT2D eigenvalue weighted by molar-refractivity contribution is 6.42. The lowest BCUT2D eigenvalue weighted by Gasteiger charge is -2.19. The summed E-state index contributed by atoms with van der Waals surface area (Å²) in [6.07, 6.45) is 2.59. The van der Waals surface area contributed by atoms with Crippen molar-refractivity contribution in [1.82, 2.24) is 15.3 Å². The van der Waals surface area contributed by atoms with E-state index < -0.39 is 0 Å². The largest absolute Gasteiger partial charge is 0.312 e. The minimum absolute atomic E-state index is 0.576. The molecule has 3 nitrogen and oxygen atoms in total. The molecule has 0 fully saturated rings. The maximum Gasteiger partial charge on any atom is 0.133 e. The zero-order chi connectivity index (χ0) is 14.8. The minimum Gasteiger partial charge on any atom is -0.312 e. The lowest BCUT2D eigenvalue weighted by molar-refractivity contribution is 0.611. The van der Waals surface area contributed by atoms with Crippen LogP contribution in [0.5, 0.6) is 0 Å². The molecule has 0 spiro atoms. The first-order valence-electron chi connectivity index (χ1n) is 7.19. The molecule has 1 N–H and O–H groups in total. The number of benzene rings is 1. The number of hydrogen-bond acceptors (Lipinski definition) is 3. The number of fused-ring (bicyclic) bond motifs is 1. The second kappa shape index (κ2) is 6.30. The van der Waals surface area contributed by atoms with Crippen LogP contribution in [0.1, 0.15) is 35.3 Å². The van der Waals surface area contributed by atoms with Gasteiger partial charge in [-0.25, -0.2) is 9.97 Å². The molecular formula is C16H17Cl2N3. The number of aromatic nitrogens is 2. The summed E-state index contributed by atoms with van der Waals surface area (Å²) in [5, 5.41) is 4.54. The van der Waals surface area contributed by atoms with Gasteiger partial charge in [-0.15, -0.1) is 0 Å². The third kappa shape index (κ3) is 3.20. The van der Waals surface area contributed by atoms with E-state index in [-0.39, 0.29) is 0 Å². The molecule has 2 heterocycles. The molecule has 0 bridgehead atoms. The van der Waals surface area contributed by atoms with Gasteiger partial charge in [0.2, 0.25) is 0 Å². The smallest absolute Gasteiger partial charge is 0.133 e. The van der Waals surface area contributed by atoms with Gasteiger partial charge in [-0.2, -0.15) is 0 Å². The van der Waals surface area contributed by atoms with Crippen molar-refractivity contribution < 1.29 is 0 Å². The summed E-state index contributed by atoms with van der Waals surface area (Å²) in [5.41, 5.74) is 4.71. The lowest BCUT2D eigenvalue weighted by Crippen LogP contribution is -2.27. The maximum absolute atomic E-state index is 6.07. The monoisotopic (exact) mass is 321 g/mol. The summed E-state index contributed by atoms with van der Waals surface area (Å²) < 4.78 is 0. The summed E-state index contributed by atoms with van der Waals surface area (Å²) in [4.78, 5) is 9.47. The average molecular weight is 322 g/mol. The quantitative estimate of drug-likeness (QED) is 0.938. The maximum atomic E-state index is 6.07. The topological polar surface area (TPSA) is 37.8 Å². The summed E-state index contributed by atoms with van der Waals surface area (Å²) >= 11 is 12.0. The van der Waals surface area contributed by atoms with Crippen molar-refractivity contribution in [1.29, 1.82) is 0 Å². The number of halogens is 2. The Morgan fingerprint density at radius 1 is 1.19 bits per heavy atom. The Bertz CT molecular complexity index is 654. The Hall–Kier alpha value is -1.16. The van der Waals surface area contributed by atoms with Gasteiger partial charge in [0.25, 0.3) is 0 Å². The number of nitrogens with zero attached hydrogens (tertiary/aromatic N) is 2. The van der Waals surface area contributed by atoms with E-state index in [9.17, 15) is 0 Å². The van der Waals surface area contributed by atoms with E-state index in [0.29, 0.717) is 16.5 Å². The molecule has 0 radical (unpaired) electrons. The molecule has 3 rings (SSSR count). The molecule has 1 aliphatic rings. The molecule has 0 amide bonds. The molecule has 0 atom stereocenters. The van der Waals surface area contributed by atoms with Crippen molar-refractivity contribution in [3.63, 3.8) is 0 Å². The molecule has 21 heavy (non-hydrogen) atoms. The second-order valence-electron chi connectivity index (χ2n) is 5.22. The van der Waals surface area contributed by atoms with Gasteiger partial charge >= 0.3 is 0 Å². The second-order valence-corrected chi connectivity index (χ2v) is 6.03. The van der Waals surface area contributed by atoms with Gasteiger partial charge < -0.3 is 5.32 Å². The normalized spacial score (nSPS) is 14.0. The molecule has 0 saturated carbocycles. The van der Waals surface area contributed by atoms with Gasteiger partial charge in [-0.3, -0.25) is 0 Å². The van der Waals surface area contributed by atoms with E-state index in [1.807, 2.05) is 18.2 Å². The van der Waals surface area contributed by atoms with Crippen LogP contribution in [-0.2, 0) is 25.8 Å². The zero-order valence-corrected chi connectivity index (χ0v) is 13.4. The van der Waals surface area contributed by atoms with Gasteiger partial charge in [0.1, 0.15) is 5.82 Å². The first-order chi connectivity index (χ1) is 10.2. The van der Waals surface area contributed by atoms with E-state index in [1.54, 1.807) is 0 Å². The Morgan fingerprint density at radius 2 is 2.05 bits per heavy atom. The van der Waals surface area contributed by atoms with Gasteiger partial charge in [0, 0.05) is 37.2 Å². The Labute approximate surface area is 134 Å². The summed E-state index contributed by atoms with van der Waals surface area (Å²) in [7, 11) is 0. The average Bonchev–Trinajstić information content (AvgIpc) is 2.50. The van der Waals surface area contributed by atoms with Gasteiger partial charge in [-0.05, 0) is 24.1 Å². The standard InChI is InChI=1S/C16H17Cl2N3/c1-2-14-11-9-19-6-5-15(11)21-16(20-14)8-10-3-4-12(17)13(18)7-10/h3-4,7,19H,2,5-6,8-9H2,1H3. The molecule has 110 valence electrons. The Morgan fingerprint density at radius 3 is 2.81 bits per heavy atom. The van der Waals surface area contributed by atoms with Crippen molar-refractivity contribution in [2.24, 2.45) is 0 Å². The number of rotatable bonds is 3. The van der Waals surface area contributed by atoms with Crippen LogP contribution < -0.4 is 5.32 Å². The minimum atomic E-state index is 0.576. The highest BCUT2D eigenvalue weighted by Crippen LogP contribution is 2.24. The molecule has 0 saturated heterocycles. The molecule has 0 unspecified atom stereocenters. The summed E-state index contributed by atoms with van der Waals surface area (Å²) in [6.45, 7) is 4.01. The SMILES string of the molecule is CCc1nc(Cc2ccc(Cl)c(Cl)c2)nc2c1CNCC2. The van der Waals surface area contributed by atoms with Crippen LogP contribution in [0.3, 0.4) is 0 Å². The van der Waals surface area contributed by atoms with Crippen LogP contribution in [0, 0.1) is 0 Å². The molecule has 1 aromatic carbocycles. The Kier molecular flexibility index (Phi) is 4.43. The van der Waals surface area contributed by atoms with E-state index in [1.165, 1.54) is 11.3 Å². The van der Waals surface area contributed by atoms with Crippen molar-refractivity contribution in [3.05, 3.63) is 56.6 Å². The van der Waals surface area contributed by atoms with Crippen molar-refractivity contribution in [2.75, 3.05) is 6.54 Å². The van der Waals surface area contributed by atoms with E-state index in [4.69, 9.17) is 33.2 Å². The first kappa shape index (κ1) is 14.8. The van der Waals surface area contributed by atoms with E-state index in [0.717, 1.165) is 43.0 Å². The van der Waals surface area contributed by atoms with Crippen LogP contribution >= 0.6 is 23.2 Å². The predicted molar refractivity (Wildman–Crippen MR) is 86.1 cm³/mol. The van der Waals surface area contributed by atoms with E-state index >= 15 is 0 Å². The van der Waals surface area contributed by atoms with E-state index in [2.05, 4.69) is 12.2 Å². The fourth-order valence-electron chi connectivity index (χ4n) is 2.67. The molecule has 2 aromatic rings. The van der Waals surface area contributed by atoms with Gasteiger partial charge in [-0.1, -0.05) is 36.2 Å². The number of nitrogens with one attached hydrogen (secondary N) is 1. The molecule has 5 heteroatoms. The molecule has 0 aliphatic carbocycles.